The molecule has 1 fully saturated rings. The minimum Gasteiger partial charge on any atom is -0.497 e. The SMILES string of the molecule is COc1ccc(C(NC(=O)c2cccc(OCC3CCCO3)c2)C(=O)O)cc1. The zero-order valence-corrected chi connectivity index (χ0v) is 15.6. The molecule has 0 spiro atoms. The van der Waals surface area contributed by atoms with Crippen molar-refractivity contribution in [3.63, 3.8) is 0 Å². The van der Waals surface area contributed by atoms with Crippen molar-refractivity contribution in [1.29, 1.82) is 0 Å². The van der Waals surface area contributed by atoms with Gasteiger partial charge in [0.2, 0.25) is 0 Å². The number of hydrogen-bond acceptors (Lipinski definition) is 5. The van der Waals surface area contributed by atoms with Crippen molar-refractivity contribution in [3.8, 4) is 11.5 Å². The number of amides is 1. The summed E-state index contributed by atoms with van der Waals surface area (Å²) in [4.78, 5) is 24.2. The Morgan fingerprint density at radius 2 is 2.00 bits per heavy atom. The fourth-order valence-corrected chi connectivity index (χ4v) is 2.99. The topological polar surface area (TPSA) is 94.1 Å². The van der Waals surface area contributed by atoms with Crippen LogP contribution in [0.3, 0.4) is 0 Å². The number of carboxylic acid groups (broad SMARTS) is 1. The van der Waals surface area contributed by atoms with Crippen LogP contribution >= 0.6 is 0 Å². The number of nitrogens with one attached hydrogen (secondary N) is 1. The van der Waals surface area contributed by atoms with Gasteiger partial charge in [-0.15, -0.1) is 0 Å². The van der Waals surface area contributed by atoms with Gasteiger partial charge in [-0.3, -0.25) is 4.79 Å². The van der Waals surface area contributed by atoms with Gasteiger partial charge in [0.25, 0.3) is 5.91 Å². The molecular weight excluding hydrogens is 362 g/mol. The molecule has 0 aliphatic carbocycles. The third-order valence-electron chi connectivity index (χ3n) is 4.53. The number of methoxy groups -OCH3 is 1. The predicted molar refractivity (Wildman–Crippen MR) is 102 cm³/mol. The molecule has 0 saturated carbocycles. The molecule has 1 aliphatic heterocycles. The van der Waals surface area contributed by atoms with Crippen LogP contribution in [0.1, 0.15) is 34.8 Å². The first-order valence-corrected chi connectivity index (χ1v) is 9.09. The van der Waals surface area contributed by atoms with Crippen LogP contribution in [-0.4, -0.2) is 43.4 Å². The maximum Gasteiger partial charge on any atom is 0.330 e. The zero-order valence-electron chi connectivity index (χ0n) is 15.6. The first kappa shape index (κ1) is 19.7. The number of aliphatic carboxylic acids is 1. The van der Waals surface area contributed by atoms with Gasteiger partial charge in [0.1, 0.15) is 18.1 Å². The van der Waals surface area contributed by atoms with Gasteiger partial charge in [0.15, 0.2) is 6.04 Å². The second-order valence-electron chi connectivity index (χ2n) is 6.49. The fraction of sp³-hybridized carbons (Fsp3) is 0.333. The summed E-state index contributed by atoms with van der Waals surface area (Å²) < 4.78 is 16.3. The molecule has 2 aromatic carbocycles. The van der Waals surface area contributed by atoms with Crippen LogP contribution in [0, 0.1) is 0 Å². The van der Waals surface area contributed by atoms with E-state index in [4.69, 9.17) is 14.2 Å². The van der Waals surface area contributed by atoms with Crippen LogP contribution in [0.2, 0.25) is 0 Å². The minimum atomic E-state index is -1.17. The molecule has 1 heterocycles. The molecule has 2 atom stereocenters. The van der Waals surface area contributed by atoms with E-state index in [1.54, 1.807) is 48.5 Å². The molecule has 0 bridgehead atoms. The van der Waals surface area contributed by atoms with Gasteiger partial charge < -0.3 is 24.6 Å². The Kier molecular flexibility index (Phi) is 6.49. The lowest BCUT2D eigenvalue weighted by Gasteiger charge is -2.16. The van der Waals surface area contributed by atoms with Gasteiger partial charge in [-0.2, -0.15) is 0 Å². The van der Waals surface area contributed by atoms with Crippen LogP contribution in [0.5, 0.6) is 11.5 Å². The lowest BCUT2D eigenvalue weighted by molar-refractivity contribution is -0.139. The summed E-state index contributed by atoms with van der Waals surface area (Å²) in [5.74, 6) is -0.495. The summed E-state index contributed by atoms with van der Waals surface area (Å²) in [6, 6.07) is 12.0. The molecular formula is C21H23NO6. The molecule has 7 heteroatoms. The monoisotopic (exact) mass is 385 g/mol. The van der Waals surface area contributed by atoms with E-state index in [1.165, 1.54) is 7.11 Å². The second-order valence-corrected chi connectivity index (χ2v) is 6.49. The first-order chi connectivity index (χ1) is 13.6. The average molecular weight is 385 g/mol. The van der Waals surface area contributed by atoms with E-state index in [0.29, 0.717) is 29.2 Å². The number of rotatable bonds is 8. The molecule has 0 aromatic heterocycles. The molecule has 148 valence electrons. The third-order valence-corrected chi connectivity index (χ3v) is 4.53. The van der Waals surface area contributed by atoms with Crippen molar-refractivity contribution in [2.45, 2.75) is 25.0 Å². The van der Waals surface area contributed by atoms with Crippen LogP contribution in [0.25, 0.3) is 0 Å². The molecule has 28 heavy (non-hydrogen) atoms. The number of benzene rings is 2. The van der Waals surface area contributed by atoms with Crippen LogP contribution in [0.4, 0.5) is 0 Å². The van der Waals surface area contributed by atoms with E-state index in [9.17, 15) is 14.7 Å². The summed E-state index contributed by atoms with van der Waals surface area (Å²) in [5, 5.41) is 12.1. The smallest absolute Gasteiger partial charge is 0.330 e. The molecule has 1 amide bonds. The number of carbonyl (C=O) groups is 2. The van der Waals surface area contributed by atoms with Crippen molar-refractivity contribution in [2.75, 3.05) is 20.3 Å². The first-order valence-electron chi connectivity index (χ1n) is 9.09. The van der Waals surface area contributed by atoms with E-state index < -0.39 is 17.9 Å². The van der Waals surface area contributed by atoms with E-state index in [-0.39, 0.29) is 6.10 Å². The molecule has 1 aliphatic rings. The van der Waals surface area contributed by atoms with Gasteiger partial charge in [0.05, 0.1) is 13.2 Å². The summed E-state index contributed by atoms with van der Waals surface area (Å²) >= 11 is 0. The number of ether oxygens (including phenoxy) is 3. The average Bonchev–Trinajstić information content (AvgIpc) is 3.24. The number of hydrogen-bond donors (Lipinski definition) is 2. The molecule has 7 nitrogen and oxygen atoms in total. The van der Waals surface area contributed by atoms with Crippen LogP contribution in [0.15, 0.2) is 48.5 Å². The third kappa shape index (κ3) is 5.01. The summed E-state index contributed by atoms with van der Waals surface area (Å²) in [6.07, 6.45) is 2.06. The molecule has 0 radical (unpaired) electrons. The Morgan fingerprint density at radius 1 is 1.21 bits per heavy atom. The molecule has 1 saturated heterocycles. The lowest BCUT2D eigenvalue weighted by atomic mass is 10.1. The highest BCUT2D eigenvalue weighted by Crippen LogP contribution is 2.20. The standard InChI is InChI=1S/C21H23NO6/c1-26-16-9-7-14(8-10-16)19(21(24)25)22-20(23)15-4-2-5-17(12-15)28-13-18-6-3-11-27-18/h2,4-5,7-10,12,18-19H,3,6,11,13H2,1H3,(H,22,23)(H,24,25). The van der Waals surface area contributed by atoms with Gasteiger partial charge in [-0.25, -0.2) is 4.79 Å². The van der Waals surface area contributed by atoms with Crippen molar-refractivity contribution in [1.82, 2.24) is 5.32 Å². The summed E-state index contributed by atoms with van der Waals surface area (Å²) in [7, 11) is 1.53. The van der Waals surface area contributed by atoms with Crippen molar-refractivity contribution < 1.29 is 28.9 Å². The highest BCUT2D eigenvalue weighted by atomic mass is 16.5. The van der Waals surface area contributed by atoms with E-state index in [1.807, 2.05) is 0 Å². The maximum absolute atomic E-state index is 12.6. The molecule has 2 unspecified atom stereocenters. The molecule has 3 rings (SSSR count). The maximum atomic E-state index is 12.6. The Balaban J connectivity index is 1.67. The molecule has 2 N–H and O–H groups in total. The second kappa shape index (κ2) is 9.23. The Labute approximate surface area is 163 Å². The quantitative estimate of drug-likeness (QED) is 0.726. The van der Waals surface area contributed by atoms with Crippen molar-refractivity contribution in [3.05, 3.63) is 59.7 Å². The number of carboxylic acids is 1. The van der Waals surface area contributed by atoms with Gasteiger partial charge in [0, 0.05) is 12.2 Å². The van der Waals surface area contributed by atoms with Crippen LogP contribution in [-0.2, 0) is 9.53 Å². The van der Waals surface area contributed by atoms with E-state index in [0.717, 1.165) is 19.4 Å². The normalized spacial score (nSPS) is 17.0. The fourth-order valence-electron chi connectivity index (χ4n) is 2.99. The van der Waals surface area contributed by atoms with Gasteiger partial charge >= 0.3 is 5.97 Å². The molecule has 2 aromatic rings. The van der Waals surface area contributed by atoms with E-state index in [2.05, 4.69) is 5.32 Å². The summed E-state index contributed by atoms with van der Waals surface area (Å²) in [6.45, 7) is 1.17. The predicted octanol–water partition coefficient (Wildman–Crippen LogP) is 2.81. The van der Waals surface area contributed by atoms with Crippen molar-refractivity contribution in [2.24, 2.45) is 0 Å². The van der Waals surface area contributed by atoms with Gasteiger partial charge in [-0.05, 0) is 48.7 Å². The van der Waals surface area contributed by atoms with Gasteiger partial charge in [-0.1, -0.05) is 18.2 Å². The highest BCUT2D eigenvalue weighted by molar-refractivity contribution is 5.97. The Morgan fingerprint density at radius 3 is 2.64 bits per heavy atom. The highest BCUT2D eigenvalue weighted by Gasteiger charge is 2.23. The van der Waals surface area contributed by atoms with E-state index >= 15 is 0 Å². The summed E-state index contributed by atoms with van der Waals surface area (Å²) in [5.41, 5.74) is 0.775. The lowest BCUT2D eigenvalue weighted by Crippen LogP contribution is -2.33. The van der Waals surface area contributed by atoms with Crippen LogP contribution < -0.4 is 14.8 Å². The number of carbonyl (C=O) groups excluding carboxylic acids is 1. The minimum absolute atomic E-state index is 0.0731. The largest absolute Gasteiger partial charge is 0.497 e. The Bertz CT molecular complexity index is 814. The Hall–Kier alpha value is -3.06. The zero-order chi connectivity index (χ0) is 19.9. The van der Waals surface area contributed by atoms with Crippen molar-refractivity contribution >= 4 is 11.9 Å².